The summed E-state index contributed by atoms with van der Waals surface area (Å²) >= 11 is 4.16. The third kappa shape index (κ3) is 5.60. The van der Waals surface area contributed by atoms with Crippen LogP contribution in [0.2, 0.25) is 0 Å². The van der Waals surface area contributed by atoms with E-state index in [-0.39, 0.29) is 6.10 Å². The summed E-state index contributed by atoms with van der Waals surface area (Å²) < 4.78 is 11.9. The van der Waals surface area contributed by atoms with E-state index in [0.717, 1.165) is 25.0 Å². The van der Waals surface area contributed by atoms with E-state index in [1.807, 2.05) is 0 Å². The van der Waals surface area contributed by atoms with Crippen LogP contribution in [0.25, 0.3) is 5.57 Å². The van der Waals surface area contributed by atoms with Crippen LogP contribution in [0, 0.1) is 5.92 Å². The number of ether oxygens (including phenoxy) is 2. The van der Waals surface area contributed by atoms with Gasteiger partial charge in [-0.1, -0.05) is 37.1 Å². The van der Waals surface area contributed by atoms with Gasteiger partial charge in [0.25, 0.3) is 0 Å². The zero-order valence-corrected chi connectivity index (χ0v) is 19.7. The summed E-state index contributed by atoms with van der Waals surface area (Å²) in [6, 6.07) is 8.54. The first-order chi connectivity index (χ1) is 14.5. The Morgan fingerprint density at radius 3 is 2.50 bits per heavy atom. The monoisotopic (exact) mass is 425 g/mol. The lowest BCUT2D eigenvalue weighted by molar-refractivity contribution is 0.238. The van der Waals surface area contributed by atoms with Gasteiger partial charge in [-0.15, -0.1) is 12.6 Å². The highest BCUT2D eigenvalue weighted by Crippen LogP contribution is 2.39. The number of benzene rings is 1. The van der Waals surface area contributed by atoms with Crippen LogP contribution in [0.1, 0.15) is 64.9 Å². The molecule has 0 N–H and O–H groups in total. The van der Waals surface area contributed by atoms with Gasteiger partial charge in [-0.2, -0.15) is 0 Å². The highest BCUT2D eigenvalue weighted by molar-refractivity contribution is 7.80. The molecule has 0 radical (unpaired) electrons. The number of nitrogens with zero attached hydrogens (tertiary/aromatic N) is 1. The molecule has 0 spiro atoms. The van der Waals surface area contributed by atoms with Crippen molar-refractivity contribution in [2.45, 2.75) is 65.4 Å². The zero-order chi connectivity index (χ0) is 21.5. The average molecular weight is 426 g/mol. The molecule has 0 aliphatic heterocycles. The van der Waals surface area contributed by atoms with Crippen molar-refractivity contribution in [1.82, 2.24) is 0 Å². The first-order valence-corrected chi connectivity index (χ1v) is 11.7. The number of rotatable bonds is 8. The third-order valence-corrected chi connectivity index (χ3v) is 6.50. The quantitative estimate of drug-likeness (QED) is 0.210. The van der Waals surface area contributed by atoms with Crippen LogP contribution >= 0.6 is 12.6 Å². The Morgan fingerprint density at radius 2 is 1.93 bits per heavy atom. The van der Waals surface area contributed by atoms with Crippen molar-refractivity contribution in [1.29, 1.82) is 0 Å². The summed E-state index contributed by atoms with van der Waals surface area (Å²) in [4.78, 5) is 4.25. The fourth-order valence-corrected chi connectivity index (χ4v) is 4.19. The van der Waals surface area contributed by atoms with Gasteiger partial charge in [-0.25, -0.2) is 0 Å². The Balaban J connectivity index is 1.74. The van der Waals surface area contributed by atoms with E-state index in [9.17, 15) is 0 Å². The van der Waals surface area contributed by atoms with Crippen molar-refractivity contribution in [3.8, 4) is 5.75 Å². The second-order valence-corrected chi connectivity index (χ2v) is 8.54. The molecule has 2 aliphatic rings. The first-order valence-electron chi connectivity index (χ1n) is 11.1. The minimum Gasteiger partial charge on any atom is -0.486 e. The van der Waals surface area contributed by atoms with E-state index < -0.39 is 0 Å². The first kappa shape index (κ1) is 22.7. The molecule has 1 saturated carbocycles. The number of thiol groups is 1. The van der Waals surface area contributed by atoms with E-state index in [4.69, 9.17) is 9.47 Å². The van der Waals surface area contributed by atoms with Crippen LogP contribution in [0.4, 0.5) is 0 Å². The SMILES string of the molecule is CC/C(C)=C\C1=C(C)C(Oc2ccc(/C(=C/C(=NC)OCS)C3CCC3)cc2)CC1. The van der Waals surface area contributed by atoms with Gasteiger partial charge >= 0.3 is 0 Å². The molecule has 2 aliphatic carbocycles. The van der Waals surface area contributed by atoms with Crippen LogP contribution < -0.4 is 4.74 Å². The van der Waals surface area contributed by atoms with Gasteiger partial charge in [0.1, 0.15) is 17.8 Å². The zero-order valence-electron chi connectivity index (χ0n) is 18.8. The van der Waals surface area contributed by atoms with Crippen molar-refractivity contribution in [2.75, 3.05) is 13.0 Å². The Hall–Kier alpha value is -1.94. The highest BCUT2D eigenvalue weighted by atomic mass is 32.1. The molecular weight excluding hydrogens is 390 g/mol. The number of aliphatic imine (C=N–C) groups is 1. The molecule has 3 nitrogen and oxygen atoms in total. The summed E-state index contributed by atoms with van der Waals surface area (Å²) in [5.74, 6) is 2.48. The molecule has 0 amide bonds. The van der Waals surface area contributed by atoms with Crippen molar-refractivity contribution < 1.29 is 9.47 Å². The fraction of sp³-hybridized carbons (Fsp3) is 0.500. The van der Waals surface area contributed by atoms with E-state index in [2.05, 4.69) is 74.8 Å². The molecule has 1 atom stereocenters. The van der Waals surface area contributed by atoms with E-state index in [0.29, 0.717) is 17.8 Å². The molecule has 1 aromatic rings. The molecule has 0 heterocycles. The highest BCUT2D eigenvalue weighted by Gasteiger charge is 2.25. The summed E-state index contributed by atoms with van der Waals surface area (Å²) in [5, 5.41) is 0. The molecule has 162 valence electrons. The van der Waals surface area contributed by atoms with E-state index >= 15 is 0 Å². The minimum absolute atomic E-state index is 0.177. The van der Waals surface area contributed by atoms with Gasteiger partial charge in [-0.3, -0.25) is 4.99 Å². The molecule has 1 fully saturated rings. The maximum absolute atomic E-state index is 6.34. The van der Waals surface area contributed by atoms with Crippen molar-refractivity contribution >= 4 is 24.1 Å². The van der Waals surface area contributed by atoms with Crippen molar-refractivity contribution in [2.24, 2.45) is 10.9 Å². The second-order valence-electron chi connectivity index (χ2n) is 8.28. The summed E-state index contributed by atoms with van der Waals surface area (Å²) in [7, 11) is 1.76. The largest absolute Gasteiger partial charge is 0.486 e. The van der Waals surface area contributed by atoms with Crippen LogP contribution in [-0.2, 0) is 4.74 Å². The average Bonchev–Trinajstić information content (AvgIpc) is 3.05. The summed E-state index contributed by atoms with van der Waals surface area (Å²) in [6.45, 7) is 6.63. The Labute approximate surface area is 187 Å². The van der Waals surface area contributed by atoms with Gasteiger partial charge in [-0.05, 0) is 86.3 Å². The van der Waals surface area contributed by atoms with Crippen molar-refractivity contribution in [3.63, 3.8) is 0 Å². The number of allylic oxidation sites excluding steroid dienone is 4. The van der Waals surface area contributed by atoms with Gasteiger partial charge in [0, 0.05) is 13.1 Å². The smallest absolute Gasteiger partial charge is 0.209 e. The topological polar surface area (TPSA) is 30.8 Å². The standard InChI is InChI=1S/C26H35NO2S/c1-5-18(2)15-22-11-14-25(19(22)3)29-23-12-9-21(10-13-23)24(20-7-6-8-20)16-26(27-4)28-17-30/h9-10,12-13,15-16,20,25,30H,5-8,11,14,17H2,1-4H3/b18-15-,24-16+,27-26?. The molecule has 3 rings (SSSR count). The number of hydrogen-bond acceptors (Lipinski definition) is 4. The van der Waals surface area contributed by atoms with Crippen LogP contribution in [0.15, 0.2) is 58.1 Å². The van der Waals surface area contributed by atoms with Crippen LogP contribution in [0.3, 0.4) is 0 Å². The molecule has 4 heteroatoms. The lowest BCUT2D eigenvalue weighted by Gasteiger charge is -2.29. The molecule has 1 unspecified atom stereocenters. The third-order valence-electron chi connectivity index (χ3n) is 6.37. The Bertz CT molecular complexity index is 844. The predicted molar refractivity (Wildman–Crippen MR) is 130 cm³/mol. The molecule has 0 aromatic heterocycles. The molecule has 1 aromatic carbocycles. The fourth-order valence-electron chi connectivity index (χ4n) is 4.06. The second kappa shape index (κ2) is 10.9. The molecule has 0 bridgehead atoms. The van der Waals surface area contributed by atoms with Gasteiger partial charge in [0.15, 0.2) is 0 Å². The molecular formula is C26H35NO2S. The van der Waals surface area contributed by atoms with E-state index in [1.54, 1.807) is 7.05 Å². The van der Waals surface area contributed by atoms with E-state index in [1.165, 1.54) is 47.1 Å². The maximum atomic E-state index is 6.34. The normalized spacial score (nSPS) is 21.1. The predicted octanol–water partition coefficient (Wildman–Crippen LogP) is 7.02. The lowest BCUT2D eigenvalue weighted by atomic mass is 9.77. The minimum atomic E-state index is 0.177. The van der Waals surface area contributed by atoms with Gasteiger partial charge in [0.05, 0.1) is 0 Å². The van der Waals surface area contributed by atoms with Gasteiger partial charge < -0.3 is 9.47 Å². The lowest BCUT2D eigenvalue weighted by Crippen LogP contribution is -2.15. The molecule has 0 saturated heterocycles. The Kier molecular flexibility index (Phi) is 8.26. The van der Waals surface area contributed by atoms with Crippen LogP contribution in [-0.4, -0.2) is 25.0 Å². The van der Waals surface area contributed by atoms with Crippen LogP contribution in [0.5, 0.6) is 5.75 Å². The Morgan fingerprint density at radius 1 is 1.20 bits per heavy atom. The maximum Gasteiger partial charge on any atom is 0.209 e. The summed E-state index contributed by atoms with van der Waals surface area (Å²) in [5.41, 5.74) is 6.77. The molecule has 30 heavy (non-hydrogen) atoms. The number of hydrogen-bond donors (Lipinski definition) is 1. The summed E-state index contributed by atoms with van der Waals surface area (Å²) in [6.07, 6.45) is 11.6. The van der Waals surface area contributed by atoms with Gasteiger partial charge in [0.2, 0.25) is 5.90 Å². The van der Waals surface area contributed by atoms with Crippen molar-refractivity contribution in [3.05, 3.63) is 58.7 Å².